The van der Waals surface area contributed by atoms with Crippen molar-refractivity contribution in [1.29, 1.82) is 0 Å². The molecule has 0 saturated carbocycles. The molecule has 5 aromatic rings. The number of fused-ring (bicyclic) bond motifs is 1. The monoisotopic (exact) mass is 1080 g/mol. The molecule has 5 amide bonds. The first kappa shape index (κ1) is 57.5. The number of amides is 5. The van der Waals surface area contributed by atoms with Crippen LogP contribution in [0.5, 0.6) is 0 Å². The molecule has 7 rings (SSSR count). The number of β-amino-alcohol motifs (C(OH)–C–C–N with tert-alkyl or cyclic N) is 1. The molecule has 5 atom stereocenters. The molecule has 5 N–H and O–H groups in total. The fourth-order valence-corrected chi connectivity index (χ4v) is 10.3. The Bertz CT molecular complexity index is 2750. The number of rotatable bonds is 24. The minimum Gasteiger partial charge on any atom is -0.391 e. The summed E-state index contributed by atoms with van der Waals surface area (Å²) in [4.78, 5) is 74.6. The van der Waals surface area contributed by atoms with Gasteiger partial charge in [0.1, 0.15) is 18.7 Å². The van der Waals surface area contributed by atoms with E-state index < -0.39 is 35.4 Å². The van der Waals surface area contributed by atoms with Crippen LogP contribution in [0.15, 0.2) is 96.5 Å². The molecule has 2 aliphatic heterocycles. The van der Waals surface area contributed by atoms with Crippen LogP contribution in [0.4, 0.5) is 11.4 Å². The Labute approximate surface area is 454 Å². The summed E-state index contributed by atoms with van der Waals surface area (Å²) in [6.45, 7) is 13.3. The highest BCUT2D eigenvalue weighted by molar-refractivity contribution is 7.13. The van der Waals surface area contributed by atoms with E-state index in [2.05, 4.69) is 39.2 Å². The average molecular weight is 1080 g/mol. The third-order valence-corrected chi connectivity index (χ3v) is 14.5. The Morgan fingerprint density at radius 1 is 0.803 bits per heavy atom. The van der Waals surface area contributed by atoms with Crippen molar-refractivity contribution in [2.45, 2.75) is 91.2 Å². The number of aryl methyl sites for hydroxylation is 1. The van der Waals surface area contributed by atoms with Crippen LogP contribution in [-0.4, -0.2) is 135 Å². The molecular formula is C57H70ClN7O10S. The van der Waals surface area contributed by atoms with E-state index in [1.54, 1.807) is 30.4 Å². The zero-order chi connectivity index (χ0) is 54.4. The topological polar surface area (TPSA) is 210 Å². The summed E-state index contributed by atoms with van der Waals surface area (Å²) in [7, 11) is 0. The Morgan fingerprint density at radius 3 is 2.07 bits per heavy atom. The van der Waals surface area contributed by atoms with Crippen molar-refractivity contribution in [2.75, 3.05) is 76.2 Å². The lowest BCUT2D eigenvalue weighted by Gasteiger charge is -2.39. The van der Waals surface area contributed by atoms with Crippen molar-refractivity contribution in [2.24, 2.45) is 5.41 Å². The van der Waals surface area contributed by atoms with Gasteiger partial charge in [0.25, 0.3) is 5.91 Å². The van der Waals surface area contributed by atoms with Crippen molar-refractivity contribution >= 4 is 63.8 Å². The molecule has 76 heavy (non-hydrogen) atoms. The van der Waals surface area contributed by atoms with Crippen LogP contribution in [0.1, 0.15) is 80.7 Å². The van der Waals surface area contributed by atoms with Crippen LogP contribution in [0.3, 0.4) is 0 Å². The number of nitrogens with one attached hydrogen (secondary N) is 4. The summed E-state index contributed by atoms with van der Waals surface area (Å²) in [6, 6.07) is 27.1. The Morgan fingerprint density at radius 2 is 1.43 bits per heavy atom. The zero-order valence-corrected chi connectivity index (χ0v) is 45.6. The lowest BCUT2D eigenvalue weighted by Crippen LogP contribution is -2.58. The second-order valence-corrected chi connectivity index (χ2v) is 21.4. The lowest BCUT2D eigenvalue weighted by atomic mass is 9.85. The number of hydrogen-bond donors (Lipinski definition) is 5. The van der Waals surface area contributed by atoms with Gasteiger partial charge in [-0.3, -0.25) is 24.0 Å². The minimum atomic E-state index is -0.979. The third-order valence-electron chi connectivity index (χ3n) is 13.3. The van der Waals surface area contributed by atoms with Gasteiger partial charge in [0, 0.05) is 61.0 Å². The number of halogens is 1. The number of ether oxygens (including phenoxy) is 4. The fraction of sp³-hybridized carbons (Fsp3) is 0.439. The summed E-state index contributed by atoms with van der Waals surface area (Å²) in [5.41, 5.74) is 9.26. The van der Waals surface area contributed by atoms with E-state index in [9.17, 15) is 29.1 Å². The van der Waals surface area contributed by atoms with Gasteiger partial charge in [-0.15, -0.1) is 11.3 Å². The maximum atomic E-state index is 13.9. The van der Waals surface area contributed by atoms with Crippen LogP contribution in [0.25, 0.3) is 21.6 Å². The van der Waals surface area contributed by atoms with Gasteiger partial charge in [0.05, 0.1) is 74.5 Å². The van der Waals surface area contributed by atoms with E-state index in [0.717, 1.165) is 56.2 Å². The van der Waals surface area contributed by atoms with Crippen LogP contribution in [-0.2, 0) is 44.7 Å². The van der Waals surface area contributed by atoms with E-state index in [1.807, 2.05) is 111 Å². The quantitative estimate of drug-likeness (QED) is 0.0385. The van der Waals surface area contributed by atoms with Crippen molar-refractivity contribution in [3.05, 3.63) is 124 Å². The summed E-state index contributed by atoms with van der Waals surface area (Å²) in [6.07, 6.45) is -0.0632. The molecule has 5 unspecified atom stereocenters. The number of aliphatic hydroxyl groups excluding tert-OH is 1. The normalized spacial score (nSPS) is 17.7. The first-order valence-electron chi connectivity index (χ1n) is 25.7. The molecule has 0 bridgehead atoms. The molecule has 0 aliphatic carbocycles. The molecule has 2 aliphatic rings. The number of aromatic nitrogens is 1. The molecule has 0 radical (unpaired) electrons. The van der Waals surface area contributed by atoms with E-state index >= 15 is 0 Å². The van der Waals surface area contributed by atoms with Gasteiger partial charge in [0.2, 0.25) is 23.6 Å². The van der Waals surface area contributed by atoms with Crippen molar-refractivity contribution in [3.8, 4) is 21.6 Å². The smallest absolute Gasteiger partial charge is 0.251 e. The van der Waals surface area contributed by atoms with Crippen molar-refractivity contribution < 1.29 is 48.0 Å². The number of carbonyl (C=O) groups excluding carboxylic acids is 5. The maximum Gasteiger partial charge on any atom is 0.251 e. The molecule has 17 nitrogen and oxygen atoms in total. The van der Waals surface area contributed by atoms with E-state index in [4.69, 9.17) is 30.5 Å². The number of nitrogens with zero attached hydrogens (tertiary/aromatic N) is 3. The fourth-order valence-electron chi connectivity index (χ4n) is 9.37. The molecule has 1 aromatic heterocycles. The van der Waals surface area contributed by atoms with E-state index in [1.165, 1.54) is 4.90 Å². The number of hydrogen-bond acceptors (Lipinski definition) is 13. The molecule has 406 valence electrons. The van der Waals surface area contributed by atoms with Gasteiger partial charge in [-0.05, 0) is 102 Å². The van der Waals surface area contributed by atoms with Gasteiger partial charge in [-0.2, -0.15) is 0 Å². The van der Waals surface area contributed by atoms with Crippen LogP contribution in [0, 0.1) is 12.3 Å². The second kappa shape index (κ2) is 27.2. The lowest BCUT2D eigenvalue weighted by molar-refractivity contribution is -0.144. The number of likely N-dealkylation sites (tertiary alicyclic amines) is 1. The van der Waals surface area contributed by atoms with Crippen molar-refractivity contribution in [1.82, 2.24) is 25.8 Å². The first-order chi connectivity index (χ1) is 36.5. The van der Waals surface area contributed by atoms with Crippen LogP contribution < -0.4 is 26.2 Å². The Balaban J connectivity index is 0.739. The molecular weight excluding hydrogens is 1010 g/mol. The standard InChI is InChI=1S/C57H70ClN7O10S/c1-36-29-48(62-45-18-16-44(58)17-19-45)47-30-43(15-20-49(47)65(36)38(3)66)40-11-13-42(14-12-40)54(69)59-21-22-72-23-24-73-25-26-74-27-28-75-34-51(68)63-53(57(4,5)6)56(71)64-33-46(67)31-50(64)55(70)60-32-39-7-9-41(10-8-39)52-37(2)61-35-76-52/h7-20,30,35-36,46,48,50,53,62,67H,21-29,31-34H2,1-6H3,(H,59,69)(H,60,70)(H,63,68). The Hall–Kier alpha value is -6.25. The van der Waals surface area contributed by atoms with Gasteiger partial charge < -0.3 is 55.1 Å². The highest BCUT2D eigenvalue weighted by Crippen LogP contribution is 2.41. The second-order valence-electron chi connectivity index (χ2n) is 20.1. The number of benzene rings is 4. The van der Waals surface area contributed by atoms with E-state index in [0.29, 0.717) is 50.2 Å². The molecule has 3 heterocycles. The largest absolute Gasteiger partial charge is 0.391 e. The summed E-state index contributed by atoms with van der Waals surface area (Å²) >= 11 is 7.70. The van der Waals surface area contributed by atoms with Crippen molar-refractivity contribution in [3.63, 3.8) is 0 Å². The van der Waals surface area contributed by atoms with Gasteiger partial charge in [-0.25, -0.2) is 4.98 Å². The summed E-state index contributed by atoms with van der Waals surface area (Å²) in [5, 5.41) is 23.4. The van der Waals surface area contributed by atoms with E-state index in [-0.39, 0.29) is 69.1 Å². The maximum absolute atomic E-state index is 13.9. The highest BCUT2D eigenvalue weighted by Gasteiger charge is 2.44. The zero-order valence-electron chi connectivity index (χ0n) is 44.1. The number of aliphatic hydroxyl groups is 1. The predicted molar refractivity (Wildman–Crippen MR) is 294 cm³/mol. The molecule has 0 spiro atoms. The first-order valence-corrected chi connectivity index (χ1v) is 26.9. The summed E-state index contributed by atoms with van der Waals surface area (Å²) < 4.78 is 22.3. The molecule has 19 heteroatoms. The highest BCUT2D eigenvalue weighted by atomic mass is 35.5. The third kappa shape index (κ3) is 15.7. The minimum absolute atomic E-state index is 0.00636. The predicted octanol–water partition coefficient (Wildman–Crippen LogP) is 7.34. The average Bonchev–Trinajstić information content (AvgIpc) is 4.02. The van der Waals surface area contributed by atoms with Gasteiger partial charge >= 0.3 is 0 Å². The SMILES string of the molecule is CC(=O)N1c2ccc(-c3ccc(C(=O)NCCOCCOCCOCCOCC(=O)NC(C(=O)N4CC(O)CC4C(=O)NCc4ccc(-c5scnc5C)cc4)C(C)(C)C)cc3)cc2C(Nc2ccc(Cl)cc2)CC1C. The molecule has 4 aromatic carbocycles. The van der Waals surface area contributed by atoms with Gasteiger partial charge in [-0.1, -0.05) is 74.8 Å². The van der Waals surface area contributed by atoms with Gasteiger partial charge in [0.15, 0.2) is 0 Å². The Kier molecular flexibility index (Phi) is 20.5. The van der Waals surface area contributed by atoms with Crippen LogP contribution in [0.2, 0.25) is 5.02 Å². The summed E-state index contributed by atoms with van der Waals surface area (Å²) in [5.74, 6) is -1.55. The molecule has 1 fully saturated rings. The number of thiazole rings is 1. The number of carbonyl (C=O) groups is 5. The molecule has 1 saturated heterocycles. The number of anilines is 2. The van der Waals surface area contributed by atoms with Crippen LogP contribution >= 0.6 is 22.9 Å².